The highest BCUT2D eigenvalue weighted by Crippen LogP contribution is 2.32. The molecule has 1 aromatic carbocycles. The van der Waals surface area contributed by atoms with Gasteiger partial charge in [0.1, 0.15) is 5.56 Å². The summed E-state index contributed by atoms with van der Waals surface area (Å²) in [5, 5.41) is 0.411. The van der Waals surface area contributed by atoms with Crippen molar-refractivity contribution >= 4 is 16.9 Å². The molecule has 25 heavy (non-hydrogen) atoms. The van der Waals surface area contributed by atoms with Gasteiger partial charge in [0.25, 0.3) is 0 Å². The first-order valence-electron chi connectivity index (χ1n) is 8.21. The van der Waals surface area contributed by atoms with Crippen LogP contribution < -0.4 is 14.9 Å². The fourth-order valence-electron chi connectivity index (χ4n) is 2.55. The van der Waals surface area contributed by atoms with E-state index >= 15 is 0 Å². The van der Waals surface area contributed by atoms with Gasteiger partial charge in [-0.1, -0.05) is 0 Å². The van der Waals surface area contributed by atoms with Crippen LogP contribution in [0.25, 0.3) is 10.9 Å². The molecule has 2 N–H and O–H groups in total. The number of aryl methyl sites for hydroxylation is 1. The smallest absolute Gasteiger partial charge is 0.343 e. The Hall–Kier alpha value is -2.54. The van der Waals surface area contributed by atoms with Gasteiger partial charge < -0.3 is 24.3 Å². The van der Waals surface area contributed by atoms with Crippen LogP contribution in [0.4, 0.5) is 0 Å². The second kappa shape index (κ2) is 9.08. The number of aromatic nitrogens is 1. The predicted octanol–water partition coefficient (Wildman–Crippen LogP) is 2.17. The zero-order chi connectivity index (χ0) is 17.7. The number of hydrogen-bond donors (Lipinski definition) is 0. The number of hydrogen-bond acceptors (Lipinski definition) is 5. The zero-order valence-electron chi connectivity index (χ0n) is 15.0. The minimum absolute atomic E-state index is 0. The maximum atomic E-state index is 12.7. The monoisotopic (exact) mass is 351 g/mol. The number of pyridine rings is 1. The second-order valence-corrected chi connectivity index (χ2v) is 5.06. The normalized spacial score (nSPS) is 10.2. The van der Waals surface area contributed by atoms with Crippen LogP contribution in [0.3, 0.4) is 0 Å². The average molecular weight is 351 g/mol. The molecule has 2 rings (SSSR count). The quantitative estimate of drug-likeness (QED) is 0.712. The molecule has 1 aromatic heterocycles. The lowest BCUT2D eigenvalue weighted by molar-refractivity contribution is 0.0524. The van der Waals surface area contributed by atoms with E-state index in [0.717, 1.165) is 0 Å². The molecule has 7 heteroatoms. The van der Waals surface area contributed by atoms with E-state index in [1.807, 2.05) is 25.3 Å². The lowest BCUT2D eigenvalue weighted by Gasteiger charge is -2.16. The molecule has 0 saturated heterocycles. The van der Waals surface area contributed by atoms with Crippen LogP contribution in [0.1, 0.15) is 38.1 Å². The van der Waals surface area contributed by atoms with Gasteiger partial charge in [0.2, 0.25) is 5.43 Å². The van der Waals surface area contributed by atoms with Gasteiger partial charge in [0.05, 0.1) is 30.7 Å². The summed E-state index contributed by atoms with van der Waals surface area (Å²) in [6.07, 6.45) is 1.54. The fourth-order valence-corrected chi connectivity index (χ4v) is 2.55. The molecule has 0 bridgehead atoms. The van der Waals surface area contributed by atoms with Crippen LogP contribution in [0.2, 0.25) is 0 Å². The number of benzene rings is 1. The van der Waals surface area contributed by atoms with E-state index in [2.05, 4.69) is 0 Å². The van der Waals surface area contributed by atoms with Crippen LogP contribution >= 0.6 is 0 Å². The number of ether oxygens (including phenoxy) is 3. The molecule has 0 atom stereocenters. The number of rotatable bonds is 7. The first-order chi connectivity index (χ1) is 11.6. The summed E-state index contributed by atoms with van der Waals surface area (Å²) in [6, 6.07) is 3.42. The van der Waals surface area contributed by atoms with Crippen molar-refractivity contribution in [1.82, 2.24) is 4.57 Å². The van der Waals surface area contributed by atoms with Gasteiger partial charge in [0, 0.05) is 18.8 Å². The van der Waals surface area contributed by atoms with Crippen LogP contribution in [0, 0.1) is 0 Å². The van der Waals surface area contributed by atoms with E-state index in [1.54, 1.807) is 25.3 Å². The van der Waals surface area contributed by atoms with Crippen molar-refractivity contribution in [2.75, 3.05) is 19.8 Å². The maximum Gasteiger partial charge on any atom is 0.343 e. The van der Waals surface area contributed by atoms with Gasteiger partial charge in [-0.3, -0.25) is 4.79 Å². The largest absolute Gasteiger partial charge is 0.490 e. The topological polar surface area (TPSA) is 98.3 Å². The summed E-state index contributed by atoms with van der Waals surface area (Å²) < 4.78 is 18.0. The Balaban J connectivity index is 0.00000312. The van der Waals surface area contributed by atoms with E-state index < -0.39 is 5.97 Å². The molecule has 0 fully saturated rings. The number of fused-ring (bicyclic) bond motifs is 1. The molecule has 0 radical (unpaired) electrons. The summed E-state index contributed by atoms with van der Waals surface area (Å²) in [4.78, 5) is 24.8. The number of esters is 1. The SMILES string of the molecule is CCOC(=O)c1cn(CC)c2cc(OCC)c(OCC)cc2c1=O.O. The van der Waals surface area contributed by atoms with E-state index in [0.29, 0.717) is 42.2 Å². The molecule has 0 unspecified atom stereocenters. The van der Waals surface area contributed by atoms with Gasteiger partial charge in [-0.15, -0.1) is 0 Å². The van der Waals surface area contributed by atoms with Crippen molar-refractivity contribution in [1.29, 1.82) is 0 Å². The molecular formula is C18H25NO6. The molecule has 0 saturated carbocycles. The maximum absolute atomic E-state index is 12.7. The van der Waals surface area contributed by atoms with Crippen LogP contribution in [0.5, 0.6) is 11.5 Å². The van der Waals surface area contributed by atoms with Gasteiger partial charge in [-0.2, -0.15) is 0 Å². The summed E-state index contributed by atoms with van der Waals surface area (Å²) in [5.74, 6) is 0.461. The summed E-state index contributed by atoms with van der Waals surface area (Å²) in [6.45, 7) is 9.15. The summed E-state index contributed by atoms with van der Waals surface area (Å²) >= 11 is 0. The van der Waals surface area contributed by atoms with Gasteiger partial charge in [-0.25, -0.2) is 4.79 Å². The molecule has 0 aliphatic rings. The zero-order valence-corrected chi connectivity index (χ0v) is 15.0. The average Bonchev–Trinajstić information content (AvgIpc) is 2.57. The van der Waals surface area contributed by atoms with Gasteiger partial charge in [0.15, 0.2) is 11.5 Å². The Bertz CT molecular complexity index is 796. The molecule has 0 spiro atoms. The Morgan fingerprint density at radius 3 is 2.12 bits per heavy atom. The minimum atomic E-state index is -0.613. The van der Waals surface area contributed by atoms with E-state index in [1.165, 1.54) is 0 Å². The molecule has 0 aliphatic carbocycles. The molecule has 0 aliphatic heterocycles. The highest BCUT2D eigenvalue weighted by Gasteiger charge is 2.18. The van der Waals surface area contributed by atoms with Crippen molar-refractivity contribution in [3.63, 3.8) is 0 Å². The van der Waals surface area contributed by atoms with Crippen molar-refractivity contribution in [2.45, 2.75) is 34.2 Å². The molecule has 7 nitrogen and oxygen atoms in total. The third kappa shape index (κ3) is 4.11. The minimum Gasteiger partial charge on any atom is -0.490 e. The molecule has 1 heterocycles. The highest BCUT2D eigenvalue weighted by atomic mass is 16.5. The Morgan fingerprint density at radius 2 is 1.60 bits per heavy atom. The molecular weight excluding hydrogens is 326 g/mol. The van der Waals surface area contributed by atoms with Crippen molar-refractivity contribution in [3.05, 3.63) is 34.1 Å². The van der Waals surface area contributed by atoms with Crippen LogP contribution in [0.15, 0.2) is 23.1 Å². The first kappa shape index (κ1) is 20.5. The third-order valence-corrected chi connectivity index (χ3v) is 3.58. The van der Waals surface area contributed by atoms with Crippen LogP contribution in [-0.2, 0) is 11.3 Å². The summed E-state index contributed by atoms with van der Waals surface area (Å²) in [5.41, 5.74) is 0.359. The van der Waals surface area contributed by atoms with E-state index in [4.69, 9.17) is 14.2 Å². The van der Waals surface area contributed by atoms with Crippen LogP contribution in [-0.4, -0.2) is 35.8 Å². The lowest BCUT2D eigenvalue weighted by Crippen LogP contribution is -2.21. The summed E-state index contributed by atoms with van der Waals surface area (Å²) in [7, 11) is 0. The third-order valence-electron chi connectivity index (χ3n) is 3.58. The highest BCUT2D eigenvalue weighted by molar-refractivity contribution is 5.94. The number of nitrogens with zero attached hydrogens (tertiary/aromatic N) is 1. The number of carbonyl (C=O) groups is 1. The standard InChI is InChI=1S/C18H23NO5.H2O/c1-5-19-11-13(18(21)24-8-4)17(20)12-9-15(22-6-2)16(23-7-3)10-14(12)19;/h9-11H,5-8H2,1-4H3;1H2. The first-order valence-corrected chi connectivity index (χ1v) is 8.21. The Morgan fingerprint density at radius 1 is 1.00 bits per heavy atom. The Kier molecular flexibility index (Phi) is 7.44. The molecule has 138 valence electrons. The number of carbonyl (C=O) groups excluding carboxylic acids is 1. The lowest BCUT2D eigenvalue weighted by atomic mass is 10.1. The fraction of sp³-hybridized carbons (Fsp3) is 0.444. The Labute approximate surface area is 146 Å². The van der Waals surface area contributed by atoms with Crippen molar-refractivity contribution in [3.8, 4) is 11.5 Å². The second-order valence-electron chi connectivity index (χ2n) is 5.06. The molecule has 0 amide bonds. The van der Waals surface area contributed by atoms with Gasteiger partial charge in [-0.05, 0) is 33.8 Å². The molecule has 2 aromatic rings. The van der Waals surface area contributed by atoms with Gasteiger partial charge >= 0.3 is 5.97 Å². The van der Waals surface area contributed by atoms with E-state index in [-0.39, 0.29) is 23.1 Å². The predicted molar refractivity (Wildman–Crippen MR) is 95.8 cm³/mol. The van der Waals surface area contributed by atoms with Crippen molar-refractivity contribution < 1.29 is 24.5 Å². The van der Waals surface area contributed by atoms with E-state index in [9.17, 15) is 9.59 Å². The van der Waals surface area contributed by atoms with Crippen molar-refractivity contribution in [2.24, 2.45) is 0 Å².